The van der Waals surface area contributed by atoms with Crippen molar-refractivity contribution in [2.45, 2.75) is 31.2 Å². The minimum Gasteiger partial charge on any atom is -0.349 e. The van der Waals surface area contributed by atoms with Gasteiger partial charge in [0, 0.05) is 32.7 Å². The van der Waals surface area contributed by atoms with Gasteiger partial charge >= 0.3 is 0 Å². The average Bonchev–Trinajstić information content (AvgIpc) is 3.55. The molecule has 1 saturated heterocycles. The number of amides is 3. The molecule has 0 bridgehead atoms. The van der Waals surface area contributed by atoms with E-state index in [-0.39, 0.29) is 12.5 Å². The molecule has 0 radical (unpaired) electrons. The lowest BCUT2D eigenvalue weighted by Gasteiger charge is -2.21. The first kappa shape index (κ1) is 21.5. The molecule has 0 aliphatic carbocycles. The van der Waals surface area contributed by atoms with Gasteiger partial charge in [-0.05, 0) is 17.2 Å². The van der Waals surface area contributed by atoms with Crippen molar-refractivity contribution in [3.63, 3.8) is 0 Å². The molecule has 3 rings (SSSR count). The monoisotopic (exact) mass is 410 g/mol. The van der Waals surface area contributed by atoms with Crippen LogP contribution >= 0.6 is 0 Å². The number of carbonyl (C=O) groups excluding carboxylic acids is 3. The predicted octanol–water partition coefficient (Wildman–Crippen LogP) is 0.667. The maximum Gasteiger partial charge on any atom is 0.256 e. The summed E-state index contributed by atoms with van der Waals surface area (Å²) in [6, 6.07) is 15.8. The van der Waals surface area contributed by atoms with Gasteiger partial charge in [0.15, 0.2) is 12.2 Å². The molecule has 3 amide bonds. The first-order chi connectivity index (χ1) is 14.4. The van der Waals surface area contributed by atoms with E-state index in [1.165, 1.54) is 4.90 Å². The van der Waals surface area contributed by atoms with Crippen molar-refractivity contribution >= 4 is 23.4 Å². The summed E-state index contributed by atoms with van der Waals surface area (Å²) in [6.45, 7) is 0.277. The Bertz CT molecular complexity index is 916. The van der Waals surface area contributed by atoms with E-state index in [4.69, 9.17) is 10.5 Å². The fourth-order valence-electron chi connectivity index (χ4n) is 3.15. The molecular formula is C22H26N4O4. The summed E-state index contributed by atoms with van der Waals surface area (Å²) in [5.74, 6) is -1.14. The Morgan fingerprint density at radius 2 is 1.63 bits per heavy atom. The number of para-hydroxylation sites is 1. The third-order valence-corrected chi connectivity index (χ3v) is 4.84. The Hall–Kier alpha value is -3.23. The third kappa shape index (κ3) is 5.22. The second-order valence-electron chi connectivity index (χ2n) is 7.31. The van der Waals surface area contributed by atoms with Gasteiger partial charge in [-0.25, -0.2) is 0 Å². The molecule has 2 unspecified atom stereocenters. The van der Waals surface area contributed by atoms with Crippen LogP contribution in [0.15, 0.2) is 54.6 Å². The maximum absolute atomic E-state index is 12.6. The normalized spacial score (nSPS) is 18.2. The highest BCUT2D eigenvalue weighted by molar-refractivity contribution is 6.02. The van der Waals surface area contributed by atoms with Crippen LogP contribution in [0.25, 0.3) is 0 Å². The van der Waals surface area contributed by atoms with Gasteiger partial charge in [-0.1, -0.05) is 48.5 Å². The minimum atomic E-state index is -0.928. The Balaban J connectivity index is 1.61. The number of ether oxygens (including phenoxy) is 1. The molecule has 30 heavy (non-hydrogen) atoms. The molecule has 1 heterocycles. The lowest BCUT2D eigenvalue weighted by molar-refractivity contribution is -0.134. The van der Waals surface area contributed by atoms with Crippen LogP contribution in [0.1, 0.15) is 11.1 Å². The molecule has 0 saturated carbocycles. The molecule has 1 aliphatic rings. The highest BCUT2D eigenvalue weighted by Crippen LogP contribution is 2.25. The maximum atomic E-state index is 12.6. The zero-order valence-electron chi connectivity index (χ0n) is 17.0. The quantitative estimate of drug-likeness (QED) is 0.553. The number of epoxide rings is 1. The largest absolute Gasteiger partial charge is 0.349 e. The Morgan fingerprint density at radius 1 is 1.00 bits per heavy atom. The van der Waals surface area contributed by atoms with E-state index in [1.807, 2.05) is 42.5 Å². The number of carbonyl (C=O) groups is 3. The Kier molecular flexibility index (Phi) is 6.81. The lowest BCUT2D eigenvalue weighted by Crippen LogP contribution is -2.49. The standard InChI is InChI=1S/C22H26N4O4/c1-26(2)22(29)17(12-14-8-4-3-5-9-14)25-21(28)19-18(30-19)20(27)24-16-11-7-6-10-15(16)13-23/h3-11,17-19H,12-13,23H2,1-2H3,(H,24,27)(H,25,28)/t17-,18?,19?/m0/s1. The van der Waals surface area contributed by atoms with Crippen molar-refractivity contribution < 1.29 is 19.1 Å². The Labute approximate surface area is 175 Å². The smallest absolute Gasteiger partial charge is 0.256 e. The minimum absolute atomic E-state index is 0.231. The van der Waals surface area contributed by atoms with E-state index in [9.17, 15) is 14.4 Å². The number of hydrogen-bond donors (Lipinski definition) is 3. The van der Waals surface area contributed by atoms with Crippen LogP contribution in [0.3, 0.4) is 0 Å². The molecule has 2 aromatic rings. The first-order valence-corrected chi connectivity index (χ1v) is 9.70. The molecule has 3 atom stereocenters. The summed E-state index contributed by atoms with van der Waals surface area (Å²) in [5.41, 5.74) is 7.97. The number of anilines is 1. The molecule has 1 aliphatic heterocycles. The van der Waals surface area contributed by atoms with Crippen molar-refractivity contribution in [2.75, 3.05) is 19.4 Å². The predicted molar refractivity (Wildman–Crippen MR) is 112 cm³/mol. The molecular weight excluding hydrogens is 384 g/mol. The summed E-state index contributed by atoms with van der Waals surface area (Å²) in [7, 11) is 3.26. The van der Waals surface area contributed by atoms with E-state index in [2.05, 4.69) is 10.6 Å². The van der Waals surface area contributed by atoms with Crippen LogP contribution in [0, 0.1) is 0 Å². The topological polar surface area (TPSA) is 117 Å². The van der Waals surface area contributed by atoms with Gasteiger partial charge in [0.05, 0.1) is 0 Å². The van der Waals surface area contributed by atoms with Crippen LogP contribution < -0.4 is 16.4 Å². The number of benzene rings is 2. The Morgan fingerprint density at radius 3 is 2.30 bits per heavy atom. The van der Waals surface area contributed by atoms with Crippen molar-refractivity contribution in [1.82, 2.24) is 10.2 Å². The molecule has 158 valence electrons. The zero-order chi connectivity index (χ0) is 21.7. The van der Waals surface area contributed by atoms with Gasteiger partial charge in [-0.15, -0.1) is 0 Å². The lowest BCUT2D eigenvalue weighted by atomic mass is 10.0. The second-order valence-corrected chi connectivity index (χ2v) is 7.31. The third-order valence-electron chi connectivity index (χ3n) is 4.84. The fourth-order valence-corrected chi connectivity index (χ4v) is 3.15. The van der Waals surface area contributed by atoms with Gasteiger partial charge in [-0.2, -0.15) is 0 Å². The summed E-state index contributed by atoms with van der Waals surface area (Å²) < 4.78 is 5.30. The molecule has 2 aromatic carbocycles. The van der Waals surface area contributed by atoms with Crippen molar-refractivity contribution in [3.8, 4) is 0 Å². The van der Waals surface area contributed by atoms with E-state index in [1.54, 1.807) is 26.2 Å². The van der Waals surface area contributed by atoms with Crippen LogP contribution in [-0.4, -0.2) is 55.0 Å². The summed E-state index contributed by atoms with van der Waals surface area (Å²) in [5, 5.41) is 5.47. The van der Waals surface area contributed by atoms with Gasteiger partial charge in [-0.3, -0.25) is 14.4 Å². The number of nitrogens with one attached hydrogen (secondary N) is 2. The first-order valence-electron chi connectivity index (χ1n) is 9.70. The van der Waals surface area contributed by atoms with Gasteiger partial charge < -0.3 is 26.0 Å². The van der Waals surface area contributed by atoms with Crippen molar-refractivity contribution in [2.24, 2.45) is 5.73 Å². The number of likely N-dealkylation sites (N-methyl/N-ethyl adjacent to an activating group) is 1. The van der Waals surface area contributed by atoms with Gasteiger partial charge in [0.25, 0.3) is 11.8 Å². The van der Waals surface area contributed by atoms with Crippen molar-refractivity contribution in [1.29, 1.82) is 0 Å². The highest BCUT2D eigenvalue weighted by atomic mass is 16.6. The van der Waals surface area contributed by atoms with Gasteiger partial charge in [0.1, 0.15) is 6.04 Å². The average molecular weight is 410 g/mol. The fraction of sp³-hybridized carbons (Fsp3) is 0.318. The number of nitrogens with zero attached hydrogens (tertiary/aromatic N) is 1. The second kappa shape index (κ2) is 9.51. The van der Waals surface area contributed by atoms with Crippen molar-refractivity contribution in [3.05, 3.63) is 65.7 Å². The van der Waals surface area contributed by atoms with Crippen LogP contribution in [-0.2, 0) is 32.1 Å². The van der Waals surface area contributed by atoms with Crippen LogP contribution in [0.5, 0.6) is 0 Å². The van der Waals surface area contributed by atoms with Crippen LogP contribution in [0.2, 0.25) is 0 Å². The molecule has 1 fully saturated rings. The van der Waals surface area contributed by atoms with E-state index >= 15 is 0 Å². The van der Waals surface area contributed by atoms with Gasteiger partial charge in [0.2, 0.25) is 5.91 Å². The summed E-state index contributed by atoms with van der Waals surface area (Å²) >= 11 is 0. The SMILES string of the molecule is CN(C)C(=O)[C@H](Cc1ccccc1)NC(=O)C1OC1C(=O)Nc1ccccc1CN. The number of hydrogen-bond acceptors (Lipinski definition) is 5. The summed E-state index contributed by atoms with van der Waals surface area (Å²) in [6.07, 6.45) is -1.48. The van der Waals surface area contributed by atoms with E-state index in [0.717, 1.165) is 11.1 Å². The summed E-state index contributed by atoms with van der Waals surface area (Å²) in [4.78, 5) is 39.0. The highest BCUT2D eigenvalue weighted by Gasteiger charge is 2.51. The van der Waals surface area contributed by atoms with E-state index in [0.29, 0.717) is 12.1 Å². The molecule has 8 nitrogen and oxygen atoms in total. The number of nitrogens with two attached hydrogens (primary N) is 1. The molecule has 0 spiro atoms. The van der Waals surface area contributed by atoms with Crippen LogP contribution in [0.4, 0.5) is 5.69 Å². The van der Waals surface area contributed by atoms with E-state index < -0.39 is 30.1 Å². The molecule has 4 N–H and O–H groups in total. The molecule has 8 heteroatoms. The molecule has 0 aromatic heterocycles. The number of rotatable bonds is 8. The zero-order valence-corrected chi connectivity index (χ0v) is 17.0.